The van der Waals surface area contributed by atoms with E-state index < -0.39 is 21.9 Å². The number of hydrogen-bond donors (Lipinski definition) is 1. The molecule has 0 saturated carbocycles. The summed E-state index contributed by atoms with van der Waals surface area (Å²) in [6.45, 7) is 2.21. The summed E-state index contributed by atoms with van der Waals surface area (Å²) in [5.41, 5.74) is 0.837. The molecule has 0 aliphatic carbocycles. The summed E-state index contributed by atoms with van der Waals surface area (Å²) < 4.78 is 26.3. The summed E-state index contributed by atoms with van der Waals surface area (Å²) in [5.74, 6) is -2.34. The Labute approximate surface area is 131 Å². The first-order valence-electron chi connectivity index (χ1n) is 7.31. The first-order chi connectivity index (χ1) is 10.4. The maximum Gasteiger partial charge on any atom is 0.307 e. The van der Waals surface area contributed by atoms with E-state index in [1.165, 1.54) is 4.31 Å². The van der Waals surface area contributed by atoms with Gasteiger partial charge in [0, 0.05) is 26.2 Å². The van der Waals surface area contributed by atoms with Crippen molar-refractivity contribution in [1.82, 2.24) is 9.21 Å². The molecule has 1 saturated heterocycles. The molecule has 122 valence electrons. The van der Waals surface area contributed by atoms with Crippen LogP contribution in [0.4, 0.5) is 0 Å². The van der Waals surface area contributed by atoms with Gasteiger partial charge in [-0.25, -0.2) is 8.42 Å². The van der Waals surface area contributed by atoms with Crippen LogP contribution in [0.2, 0.25) is 0 Å². The molecule has 0 bridgehead atoms. The number of carbonyl (C=O) groups is 1. The van der Waals surface area contributed by atoms with Crippen molar-refractivity contribution in [1.29, 1.82) is 0 Å². The molecule has 1 aliphatic rings. The Morgan fingerprint density at radius 1 is 1.18 bits per heavy atom. The zero-order chi connectivity index (χ0) is 16.2. The third kappa shape index (κ3) is 4.53. The van der Waals surface area contributed by atoms with Gasteiger partial charge in [0.15, 0.2) is 0 Å². The number of aliphatic carboxylic acids is 1. The fourth-order valence-electron chi connectivity index (χ4n) is 2.54. The van der Waals surface area contributed by atoms with Crippen molar-refractivity contribution in [3.8, 4) is 0 Å². The number of piperazine rings is 1. The largest absolute Gasteiger partial charge is 0.481 e. The Kier molecular flexibility index (Phi) is 5.55. The van der Waals surface area contributed by atoms with Gasteiger partial charge < -0.3 is 10.0 Å². The van der Waals surface area contributed by atoms with Crippen LogP contribution < -0.4 is 0 Å². The highest BCUT2D eigenvalue weighted by Gasteiger charge is 2.31. The molecule has 0 radical (unpaired) electrons. The molecule has 6 nitrogen and oxygen atoms in total. The first-order valence-corrected chi connectivity index (χ1v) is 8.92. The molecule has 1 aromatic rings. The highest BCUT2D eigenvalue weighted by atomic mass is 32.2. The van der Waals surface area contributed by atoms with E-state index in [0.29, 0.717) is 26.2 Å². The quantitative estimate of drug-likeness (QED) is 0.824. The van der Waals surface area contributed by atoms with Gasteiger partial charge in [0.1, 0.15) is 0 Å². The predicted molar refractivity (Wildman–Crippen MR) is 84.1 cm³/mol. The second-order valence-corrected chi connectivity index (χ2v) is 7.72. The summed E-state index contributed by atoms with van der Waals surface area (Å²) >= 11 is 0. The monoisotopic (exact) mass is 326 g/mol. The molecule has 1 fully saturated rings. The molecule has 7 heteroatoms. The van der Waals surface area contributed by atoms with Crippen LogP contribution in [-0.4, -0.2) is 67.7 Å². The minimum absolute atomic E-state index is 0.225. The first kappa shape index (κ1) is 16.9. The van der Waals surface area contributed by atoms with E-state index >= 15 is 0 Å². The Hall–Kier alpha value is -1.44. The second-order valence-electron chi connectivity index (χ2n) is 5.71. The molecule has 0 spiro atoms. The number of carboxylic acids is 1. The van der Waals surface area contributed by atoms with Crippen LogP contribution in [0.25, 0.3) is 0 Å². The van der Waals surface area contributed by atoms with Crippen LogP contribution in [0, 0.1) is 5.92 Å². The van der Waals surface area contributed by atoms with E-state index in [4.69, 9.17) is 0 Å². The lowest BCUT2D eigenvalue weighted by Crippen LogP contribution is -2.48. The summed E-state index contributed by atoms with van der Waals surface area (Å²) in [5, 5.41) is 9.35. The van der Waals surface area contributed by atoms with Gasteiger partial charge in [-0.05, 0) is 19.0 Å². The van der Waals surface area contributed by atoms with E-state index in [1.807, 2.05) is 37.4 Å². The van der Waals surface area contributed by atoms with Gasteiger partial charge in [0.05, 0.1) is 11.7 Å². The topological polar surface area (TPSA) is 77.9 Å². The van der Waals surface area contributed by atoms with Crippen molar-refractivity contribution in [3.05, 3.63) is 35.9 Å². The predicted octanol–water partition coefficient (Wildman–Crippen LogP) is 0.507. The van der Waals surface area contributed by atoms with Gasteiger partial charge >= 0.3 is 5.97 Å². The number of hydrogen-bond acceptors (Lipinski definition) is 4. The van der Waals surface area contributed by atoms with Crippen LogP contribution in [0.1, 0.15) is 5.56 Å². The van der Waals surface area contributed by atoms with Gasteiger partial charge in [0.25, 0.3) is 0 Å². The molecule has 1 heterocycles. The van der Waals surface area contributed by atoms with Gasteiger partial charge in [0.2, 0.25) is 10.0 Å². The number of benzene rings is 1. The minimum Gasteiger partial charge on any atom is -0.481 e. The number of carboxylic acid groups (broad SMARTS) is 1. The Balaban J connectivity index is 2.05. The zero-order valence-corrected chi connectivity index (χ0v) is 13.5. The molecule has 1 aliphatic heterocycles. The Bertz CT molecular complexity index is 595. The summed E-state index contributed by atoms with van der Waals surface area (Å²) in [4.78, 5) is 13.5. The van der Waals surface area contributed by atoms with Gasteiger partial charge in [-0.3, -0.25) is 4.79 Å². The lowest BCUT2D eigenvalue weighted by molar-refractivity contribution is -0.140. The lowest BCUT2D eigenvalue weighted by Gasteiger charge is -2.32. The highest BCUT2D eigenvalue weighted by Crippen LogP contribution is 2.15. The van der Waals surface area contributed by atoms with Gasteiger partial charge in [-0.2, -0.15) is 4.31 Å². The average Bonchev–Trinajstić information content (AvgIpc) is 2.48. The second kappa shape index (κ2) is 7.21. The van der Waals surface area contributed by atoms with Crippen molar-refractivity contribution in [2.45, 2.75) is 6.42 Å². The number of rotatable bonds is 6. The number of likely N-dealkylation sites (N-methyl/N-ethyl adjacent to an activating group) is 1. The maximum absolute atomic E-state index is 12.4. The van der Waals surface area contributed by atoms with Crippen molar-refractivity contribution in [3.63, 3.8) is 0 Å². The van der Waals surface area contributed by atoms with Crippen molar-refractivity contribution in [2.24, 2.45) is 5.92 Å². The number of nitrogens with zero attached hydrogens (tertiary/aromatic N) is 2. The molecule has 1 aromatic carbocycles. The summed E-state index contributed by atoms with van der Waals surface area (Å²) in [7, 11) is -1.60. The van der Waals surface area contributed by atoms with Crippen LogP contribution in [0.3, 0.4) is 0 Å². The van der Waals surface area contributed by atoms with Crippen LogP contribution in [0.5, 0.6) is 0 Å². The molecule has 2 rings (SSSR count). The summed E-state index contributed by atoms with van der Waals surface area (Å²) in [6.07, 6.45) is 0.225. The van der Waals surface area contributed by atoms with Crippen molar-refractivity contribution >= 4 is 16.0 Å². The fraction of sp³-hybridized carbons (Fsp3) is 0.533. The standard InChI is InChI=1S/C15H22N2O4S/c1-16-7-9-17(10-8-16)22(20,21)12-14(15(18)19)11-13-5-3-2-4-6-13/h2-6,14H,7-12H2,1H3,(H,18,19)/t14-/m1/s1. The van der Waals surface area contributed by atoms with Gasteiger partial charge in [-0.15, -0.1) is 0 Å². The van der Waals surface area contributed by atoms with Crippen LogP contribution in [0.15, 0.2) is 30.3 Å². The molecule has 22 heavy (non-hydrogen) atoms. The van der Waals surface area contributed by atoms with Crippen LogP contribution in [-0.2, 0) is 21.2 Å². The minimum atomic E-state index is -3.55. The molecule has 0 amide bonds. The highest BCUT2D eigenvalue weighted by molar-refractivity contribution is 7.89. The molecule has 1 atom stereocenters. The smallest absolute Gasteiger partial charge is 0.307 e. The van der Waals surface area contributed by atoms with Crippen molar-refractivity contribution < 1.29 is 18.3 Å². The molecule has 1 N–H and O–H groups in total. The SMILES string of the molecule is CN1CCN(S(=O)(=O)C[C@@H](Cc2ccccc2)C(=O)O)CC1. The van der Waals surface area contributed by atoms with E-state index in [9.17, 15) is 18.3 Å². The third-order valence-electron chi connectivity index (χ3n) is 3.94. The lowest BCUT2D eigenvalue weighted by atomic mass is 10.0. The normalized spacial score (nSPS) is 19.0. The Morgan fingerprint density at radius 2 is 1.77 bits per heavy atom. The van der Waals surface area contributed by atoms with E-state index in [-0.39, 0.29) is 12.2 Å². The average molecular weight is 326 g/mol. The van der Waals surface area contributed by atoms with Gasteiger partial charge in [-0.1, -0.05) is 30.3 Å². The molecule has 0 aromatic heterocycles. The molecular weight excluding hydrogens is 304 g/mol. The molecular formula is C15H22N2O4S. The van der Waals surface area contributed by atoms with E-state index in [0.717, 1.165) is 5.56 Å². The van der Waals surface area contributed by atoms with Crippen molar-refractivity contribution in [2.75, 3.05) is 39.0 Å². The maximum atomic E-state index is 12.4. The zero-order valence-electron chi connectivity index (χ0n) is 12.7. The summed E-state index contributed by atoms with van der Waals surface area (Å²) in [6, 6.07) is 9.13. The Morgan fingerprint density at radius 3 is 2.32 bits per heavy atom. The van der Waals surface area contributed by atoms with E-state index in [1.54, 1.807) is 0 Å². The third-order valence-corrected chi connectivity index (χ3v) is 5.92. The number of sulfonamides is 1. The fourth-order valence-corrected chi connectivity index (χ4v) is 4.24. The van der Waals surface area contributed by atoms with Crippen LogP contribution >= 0.6 is 0 Å². The van der Waals surface area contributed by atoms with E-state index in [2.05, 4.69) is 4.90 Å². The molecule has 0 unspecified atom stereocenters.